The highest BCUT2D eigenvalue weighted by atomic mass is 32.2. The van der Waals surface area contributed by atoms with E-state index in [1.165, 1.54) is 11.8 Å². The van der Waals surface area contributed by atoms with Gasteiger partial charge in [0.2, 0.25) is 11.1 Å². The Morgan fingerprint density at radius 1 is 1.00 bits per heavy atom. The molecule has 0 saturated heterocycles. The smallest absolute Gasteiger partial charge is 0.227 e. The van der Waals surface area contributed by atoms with Crippen LogP contribution in [-0.2, 0) is 0 Å². The van der Waals surface area contributed by atoms with Crippen molar-refractivity contribution in [2.75, 3.05) is 25.3 Å². The third-order valence-electron chi connectivity index (χ3n) is 6.45. The van der Waals surface area contributed by atoms with Gasteiger partial charge in [-0.25, -0.2) is 4.68 Å². The first-order valence-electron chi connectivity index (χ1n) is 11.8. The van der Waals surface area contributed by atoms with Gasteiger partial charge in [-0.3, -0.25) is 0 Å². The summed E-state index contributed by atoms with van der Waals surface area (Å²) in [5.74, 6) is 2.91. The molecule has 0 radical (unpaired) electrons. The van der Waals surface area contributed by atoms with Gasteiger partial charge in [0.15, 0.2) is 11.5 Å². The van der Waals surface area contributed by atoms with Crippen LogP contribution in [0.25, 0.3) is 5.70 Å². The molecule has 6 rings (SSSR count). The zero-order valence-electron chi connectivity index (χ0n) is 20.3. The molecule has 2 atom stereocenters. The number of para-hydroxylation sites is 1. The highest BCUT2D eigenvalue weighted by Crippen LogP contribution is 2.51. The average molecular weight is 499 g/mol. The average Bonchev–Trinajstić information content (AvgIpc) is 3.35. The quantitative estimate of drug-likeness (QED) is 0.329. The van der Waals surface area contributed by atoms with Gasteiger partial charge in [0, 0.05) is 11.1 Å². The third-order valence-corrected chi connectivity index (χ3v) is 6.99. The summed E-state index contributed by atoms with van der Waals surface area (Å²) in [5.41, 5.74) is 5.14. The highest BCUT2D eigenvalue weighted by molar-refractivity contribution is 7.98. The van der Waals surface area contributed by atoms with Gasteiger partial charge in [-0.2, -0.15) is 4.98 Å². The molecule has 0 amide bonds. The van der Waals surface area contributed by atoms with Crippen molar-refractivity contribution in [1.29, 1.82) is 0 Å². The van der Waals surface area contributed by atoms with E-state index in [9.17, 15) is 0 Å². The minimum atomic E-state index is -0.318. The maximum atomic E-state index is 6.69. The standard InChI is InChI=1S/C28H26N4O3S/c1-4-34-21-15-14-18(16-22(21)33-2)25-23-24(29-27-30-28(36-3)31-32(25)27)19-12-8-9-13-20(19)35-26(23)17-10-6-5-7-11-17/h5-16,25-26H,4H2,1-3H3,(H,29,30,31)/t25-,26+/m0/s1. The zero-order chi connectivity index (χ0) is 24.6. The van der Waals surface area contributed by atoms with Gasteiger partial charge >= 0.3 is 0 Å². The maximum Gasteiger partial charge on any atom is 0.227 e. The van der Waals surface area contributed by atoms with Crippen molar-refractivity contribution in [3.05, 3.63) is 95.1 Å². The zero-order valence-corrected chi connectivity index (χ0v) is 21.1. The first-order valence-corrected chi connectivity index (χ1v) is 13.1. The van der Waals surface area contributed by atoms with Gasteiger partial charge in [0.25, 0.3) is 0 Å². The Bertz CT molecular complexity index is 1450. The molecule has 36 heavy (non-hydrogen) atoms. The Balaban J connectivity index is 1.61. The van der Waals surface area contributed by atoms with Crippen molar-refractivity contribution in [3.8, 4) is 17.2 Å². The summed E-state index contributed by atoms with van der Waals surface area (Å²) in [6.07, 6.45) is 1.66. The van der Waals surface area contributed by atoms with Crippen LogP contribution in [0.1, 0.15) is 35.8 Å². The van der Waals surface area contributed by atoms with Crippen LogP contribution in [0.2, 0.25) is 0 Å². The van der Waals surface area contributed by atoms with Crippen LogP contribution < -0.4 is 19.5 Å². The molecule has 0 bridgehead atoms. The number of nitrogens with zero attached hydrogens (tertiary/aromatic N) is 3. The molecule has 1 aromatic heterocycles. The number of hydrogen-bond acceptors (Lipinski definition) is 7. The van der Waals surface area contributed by atoms with E-state index in [0.717, 1.165) is 33.7 Å². The van der Waals surface area contributed by atoms with Gasteiger partial charge in [0.05, 0.1) is 19.4 Å². The minimum absolute atomic E-state index is 0.271. The van der Waals surface area contributed by atoms with Crippen molar-refractivity contribution in [2.45, 2.75) is 24.2 Å². The summed E-state index contributed by atoms with van der Waals surface area (Å²) in [7, 11) is 1.66. The molecule has 4 aromatic rings. The van der Waals surface area contributed by atoms with Crippen LogP contribution in [0.4, 0.5) is 5.95 Å². The van der Waals surface area contributed by atoms with Crippen LogP contribution in [0.15, 0.2) is 83.5 Å². The van der Waals surface area contributed by atoms with E-state index in [1.807, 2.05) is 66.4 Å². The third kappa shape index (κ3) is 3.69. The fourth-order valence-corrected chi connectivity index (χ4v) is 5.24. The fraction of sp³-hybridized carbons (Fsp3) is 0.214. The minimum Gasteiger partial charge on any atom is -0.493 e. The fourth-order valence-electron chi connectivity index (χ4n) is 4.90. The van der Waals surface area contributed by atoms with Crippen LogP contribution >= 0.6 is 11.8 Å². The Hall–Kier alpha value is -3.91. The predicted octanol–water partition coefficient (Wildman–Crippen LogP) is 5.97. The summed E-state index contributed by atoms with van der Waals surface area (Å²) in [4.78, 5) is 4.77. The number of fused-ring (bicyclic) bond motifs is 3. The second-order valence-electron chi connectivity index (χ2n) is 8.47. The van der Waals surface area contributed by atoms with E-state index in [4.69, 9.17) is 24.3 Å². The molecular weight excluding hydrogens is 472 g/mol. The van der Waals surface area contributed by atoms with Crippen LogP contribution in [0.3, 0.4) is 0 Å². The largest absolute Gasteiger partial charge is 0.493 e. The lowest BCUT2D eigenvalue weighted by Gasteiger charge is -2.39. The monoisotopic (exact) mass is 498 g/mol. The lowest BCUT2D eigenvalue weighted by molar-refractivity contribution is 0.223. The van der Waals surface area contributed by atoms with Crippen LogP contribution in [-0.4, -0.2) is 34.7 Å². The first-order chi connectivity index (χ1) is 17.7. The molecule has 7 nitrogen and oxygen atoms in total. The van der Waals surface area contributed by atoms with E-state index in [0.29, 0.717) is 29.2 Å². The van der Waals surface area contributed by atoms with Crippen molar-refractivity contribution in [2.24, 2.45) is 0 Å². The van der Waals surface area contributed by atoms with E-state index < -0.39 is 0 Å². The normalized spacial score (nSPS) is 17.9. The molecule has 0 fully saturated rings. The molecule has 8 heteroatoms. The number of anilines is 1. The molecule has 1 N–H and O–H groups in total. The number of ether oxygens (including phenoxy) is 3. The Morgan fingerprint density at radius 2 is 1.81 bits per heavy atom. The van der Waals surface area contributed by atoms with Crippen molar-refractivity contribution < 1.29 is 14.2 Å². The SMILES string of the molecule is CCOc1ccc([C@H]2C3=C(Nc4nc(SC)nn42)c2ccccc2O[C@@H]3c2ccccc2)cc1OC. The Morgan fingerprint density at radius 3 is 2.58 bits per heavy atom. The van der Waals surface area contributed by atoms with Crippen molar-refractivity contribution >= 4 is 23.4 Å². The maximum absolute atomic E-state index is 6.69. The molecule has 0 spiro atoms. The molecule has 2 aliphatic heterocycles. The number of rotatable bonds is 6. The second-order valence-corrected chi connectivity index (χ2v) is 9.25. The number of thioether (sulfide) groups is 1. The van der Waals surface area contributed by atoms with Crippen molar-refractivity contribution in [1.82, 2.24) is 14.8 Å². The summed E-state index contributed by atoms with van der Waals surface area (Å²) >= 11 is 1.51. The van der Waals surface area contributed by atoms with Crippen LogP contribution in [0, 0.1) is 0 Å². The predicted molar refractivity (Wildman–Crippen MR) is 141 cm³/mol. The van der Waals surface area contributed by atoms with E-state index in [1.54, 1.807) is 7.11 Å². The molecule has 3 heterocycles. The number of nitrogens with one attached hydrogen (secondary N) is 1. The topological polar surface area (TPSA) is 70.4 Å². The molecule has 3 aromatic carbocycles. The van der Waals surface area contributed by atoms with E-state index in [2.05, 4.69) is 29.6 Å². The van der Waals surface area contributed by atoms with Gasteiger partial charge in [-0.05, 0) is 48.6 Å². The second kappa shape index (κ2) is 9.28. The summed E-state index contributed by atoms with van der Waals surface area (Å²) in [5, 5.41) is 9.15. The molecule has 2 aliphatic rings. The molecular formula is C28H26N4O3S. The molecule has 182 valence electrons. The number of hydrogen-bond donors (Lipinski definition) is 1. The van der Waals surface area contributed by atoms with E-state index in [-0.39, 0.29) is 12.1 Å². The van der Waals surface area contributed by atoms with Gasteiger partial charge in [-0.1, -0.05) is 60.3 Å². The van der Waals surface area contributed by atoms with Crippen LogP contribution in [0.5, 0.6) is 17.2 Å². The van der Waals surface area contributed by atoms with Gasteiger partial charge in [0.1, 0.15) is 17.9 Å². The number of aromatic nitrogens is 3. The molecule has 0 aliphatic carbocycles. The highest BCUT2D eigenvalue weighted by Gasteiger charge is 2.41. The van der Waals surface area contributed by atoms with Gasteiger partial charge < -0.3 is 19.5 Å². The lowest BCUT2D eigenvalue weighted by Crippen LogP contribution is -2.32. The number of methoxy groups -OCH3 is 1. The Labute approximate surface area is 214 Å². The van der Waals surface area contributed by atoms with E-state index >= 15 is 0 Å². The number of benzene rings is 3. The first kappa shape index (κ1) is 22.5. The molecule has 0 unspecified atom stereocenters. The summed E-state index contributed by atoms with van der Waals surface area (Å²) in [6.45, 7) is 2.52. The van der Waals surface area contributed by atoms with Crippen molar-refractivity contribution in [3.63, 3.8) is 0 Å². The molecule has 0 saturated carbocycles. The summed E-state index contributed by atoms with van der Waals surface area (Å²) in [6, 6.07) is 24.2. The summed E-state index contributed by atoms with van der Waals surface area (Å²) < 4.78 is 20.1. The van der Waals surface area contributed by atoms with Gasteiger partial charge in [-0.15, -0.1) is 5.10 Å². The Kier molecular flexibility index (Phi) is 5.81. The lowest BCUT2D eigenvalue weighted by atomic mass is 9.84.